The van der Waals surface area contributed by atoms with Crippen molar-refractivity contribution >= 4 is 16.9 Å². The second-order valence-electron chi connectivity index (χ2n) is 4.44. The van der Waals surface area contributed by atoms with E-state index in [1.807, 2.05) is 0 Å². The maximum atomic E-state index is 13.7. The summed E-state index contributed by atoms with van der Waals surface area (Å²) in [4.78, 5) is 13.8. The molecule has 0 atom stereocenters. The van der Waals surface area contributed by atoms with Crippen LogP contribution in [-0.2, 0) is 0 Å². The molecular weight excluding hydrogens is 261 g/mol. The molecule has 4 nitrogen and oxygen atoms in total. The molecular formula is C15H16FNO3. The molecule has 106 valence electrons. The van der Waals surface area contributed by atoms with Gasteiger partial charge in [0, 0.05) is 24.0 Å². The summed E-state index contributed by atoms with van der Waals surface area (Å²) in [5, 5.41) is 9.57. The largest absolute Gasteiger partial charge is 0.448 e. The van der Waals surface area contributed by atoms with E-state index < -0.39 is 5.82 Å². The first kappa shape index (κ1) is 14.3. The lowest BCUT2D eigenvalue weighted by Crippen LogP contribution is -2.33. The van der Waals surface area contributed by atoms with Crippen LogP contribution in [0.15, 0.2) is 35.3 Å². The van der Waals surface area contributed by atoms with Crippen molar-refractivity contribution in [3.8, 4) is 0 Å². The second-order valence-corrected chi connectivity index (χ2v) is 4.44. The van der Waals surface area contributed by atoms with Gasteiger partial charge in [0.05, 0.1) is 6.61 Å². The van der Waals surface area contributed by atoms with Gasteiger partial charge in [0.15, 0.2) is 17.2 Å². The number of aliphatic hydroxyl groups excluding tert-OH is 1. The molecule has 1 amide bonds. The van der Waals surface area contributed by atoms with Gasteiger partial charge in [0.1, 0.15) is 0 Å². The lowest BCUT2D eigenvalue weighted by Gasteiger charge is -2.18. The van der Waals surface area contributed by atoms with E-state index in [-0.39, 0.29) is 30.4 Å². The second kappa shape index (κ2) is 5.88. The summed E-state index contributed by atoms with van der Waals surface area (Å²) in [6, 6.07) is 4.57. The number of aliphatic hydroxyl groups is 1. The number of benzene rings is 1. The molecule has 0 saturated carbocycles. The fourth-order valence-electron chi connectivity index (χ4n) is 2.11. The number of halogens is 1. The standard InChI is InChI=1S/C15H16FNO3/c1-3-7-17(8-9-18)15(19)13-10(2)11-5-4-6-12(16)14(11)20-13/h3-6,18H,1,7-9H2,2H3. The van der Waals surface area contributed by atoms with Crippen LogP contribution in [0.1, 0.15) is 16.1 Å². The van der Waals surface area contributed by atoms with Gasteiger partial charge in [0.25, 0.3) is 5.91 Å². The molecule has 0 aliphatic rings. The maximum Gasteiger partial charge on any atom is 0.290 e. The van der Waals surface area contributed by atoms with E-state index in [0.29, 0.717) is 17.5 Å². The van der Waals surface area contributed by atoms with Crippen molar-refractivity contribution in [1.29, 1.82) is 0 Å². The molecule has 0 aliphatic carbocycles. The molecule has 0 spiro atoms. The third kappa shape index (κ3) is 2.44. The number of hydrogen-bond donors (Lipinski definition) is 1. The van der Waals surface area contributed by atoms with Gasteiger partial charge in [-0.3, -0.25) is 4.79 Å². The zero-order valence-electron chi connectivity index (χ0n) is 11.2. The van der Waals surface area contributed by atoms with Crippen LogP contribution in [0.2, 0.25) is 0 Å². The van der Waals surface area contributed by atoms with Crippen molar-refractivity contribution in [3.63, 3.8) is 0 Å². The molecule has 5 heteroatoms. The Morgan fingerprint density at radius 2 is 2.30 bits per heavy atom. The quantitative estimate of drug-likeness (QED) is 0.854. The highest BCUT2D eigenvalue weighted by Crippen LogP contribution is 2.28. The summed E-state index contributed by atoms with van der Waals surface area (Å²) in [5.41, 5.74) is 0.674. The van der Waals surface area contributed by atoms with Gasteiger partial charge in [-0.1, -0.05) is 18.2 Å². The predicted octanol–water partition coefficient (Wildman–Crippen LogP) is 2.50. The van der Waals surface area contributed by atoms with Gasteiger partial charge in [-0.25, -0.2) is 4.39 Å². The monoisotopic (exact) mass is 277 g/mol. The molecule has 1 N–H and O–H groups in total. The normalized spacial score (nSPS) is 10.8. The number of para-hydroxylation sites is 1. The van der Waals surface area contributed by atoms with Crippen molar-refractivity contribution in [2.24, 2.45) is 0 Å². The van der Waals surface area contributed by atoms with Crippen LogP contribution < -0.4 is 0 Å². The average Bonchev–Trinajstić information content (AvgIpc) is 2.77. The highest BCUT2D eigenvalue weighted by Gasteiger charge is 2.23. The van der Waals surface area contributed by atoms with Crippen LogP contribution in [0, 0.1) is 12.7 Å². The Bertz CT molecular complexity index is 648. The minimum atomic E-state index is -0.498. The van der Waals surface area contributed by atoms with E-state index in [9.17, 15) is 9.18 Å². The van der Waals surface area contributed by atoms with Crippen molar-refractivity contribution in [3.05, 3.63) is 48.0 Å². The first-order valence-electron chi connectivity index (χ1n) is 6.28. The number of hydrogen-bond acceptors (Lipinski definition) is 3. The number of aryl methyl sites for hydroxylation is 1. The number of nitrogens with zero attached hydrogens (tertiary/aromatic N) is 1. The smallest absolute Gasteiger partial charge is 0.290 e. The van der Waals surface area contributed by atoms with Crippen LogP contribution >= 0.6 is 0 Å². The lowest BCUT2D eigenvalue weighted by atomic mass is 10.1. The molecule has 0 radical (unpaired) electrons. The summed E-state index contributed by atoms with van der Waals surface area (Å²) < 4.78 is 19.0. The number of amides is 1. The Morgan fingerprint density at radius 1 is 1.55 bits per heavy atom. The van der Waals surface area contributed by atoms with Crippen LogP contribution in [-0.4, -0.2) is 35.6 Å². The highest BCUT2D eigenvalue weighted by atomic mass is 19.1. The van der Waals surface area contributed by atoms with Crippen LogP contribution in [0.3, 0.4) is 0 Å². The van der Waals surface area contributed by atoms with Crippen LogP contribution in [0.5, 0.6) is 0 Å². The fraction of sp³-hybridized carbons (Fsp3) is 0.267. The zero-order chi connectivity index (χ0) is 14.7. The molecule has 2 rings (SSSR count). The molecule has 0 unspecified atom stereocenters. The van der Waals surface area contributed by atoms with Crippen LogP contribution in [0.4, 0.5) is 4.39 Å². The molecule has 0 fully saturated rings. The number of carbonyl (C=O) groups excluding carboxylic acids is 1. The van der Waals surface area contributed by atoms with Gasteiger partial charge in [-0.2, -0.15) is 0 Å². The first-order chi connectivity index (χ1) is 9.60. The van der Waals surface area contributed by atoms with E-state index in [4.69, 9.17) is 9.52 Å². The predicted molar refractivity (Wildman–Crippen MR) is 74.1 cm³/mol. The Hall–Kier alpha value is -2.14. The van der Waals surface area contributed by atoms with Crippen molar-refractivity contribution in [2.75, 3.05) is 19.7 Å². The molecule has 0 saturated heterocycles. The minimum absolute atomic E-state index is 0.0795. The third-order valence-corrected chi connectivity index (χ3v) is 3.12. The number of fused-ring (bicyclic) bond motifs is 1. The van der Waals surface area contributed by atoms with Gasteiger partial charge in [-0.05, 0) is 13.0 Å². The number of rotatable bonds is 5. The molecule has 20 heavy (non-hydrogen) atoms. The topological polar surface area (TPSA) is 53.7 Å². The van der Waals surface area contributed by atoms with Crippen molar-refractivity contribution < 1.29 is 18.7 Å². The highest BCUT2D eigenvalue weighted by molar-refractivity contribution is 5.99. The molecule has 0 bridgehead atoms. The van der Waals surface area contributed by atoms with Crippen molar-refractivity contribution in [1.82, 2.24) is 4.90 Å². The maximum absolute atomic E-state index is 13.7. The summed E-state index contributed by atoms with van der Waals surface area (Å²) >= 11 is 0. The van der Waals surface area contributed by atoms with Crippen molar-refractivity contribution in [2.45, 2.75) is 6.92 Å². The molecule has 2 aromatic rings. The average molecular weight is 277 g/mol. The van der Waals surface area contributed by atoms with Gasteiger partial charge < -0.3 is 14.4 Å². The lowest BCUT2D eigenvalue weighted by molar-refractivity contribution is 0.0712. The minimum Gasteiger partial charge on any atom is -0.448 e. The summed E-state index contributed by atoms with van der Waals surface area (Å²) in [6.45, 7) is 5.58. The summed E-state index contributed by atoms with van der Waals surface area (Å²) in [5.74, 6) is -0.783. The molecule has 0 aliphatic heterocycles. The Balaban J connectivity index is 2.46. The third-order valence-electron chi connectivity index (χ3n) is 3.12. The Labute approximate surface area is 116 Å². The Kier molecular flexibility index (Phi) is 4.20. The van der Waals surface area contributed by atoms with E-state index >= 15 is 0 Å². The van der Waals surface area contributed by atoms with Gasteiger partial charge in [-0.15, -0.1) is 6.58 Å². The number of furan rings is 1. The molecule has 1 heterocycles. The molecule has 1 aromatic heterocycles. The SMILES string of the molecule is C=CCN(CCO)C(=O)c1oc2c(F)cccc2c1C. The van der Waals surface area contributed by atoms with E-state index in [0.717, 1.165) is 0 Å². The van der Waals surface area contributed by atoms with E-state index in [2.05, 4.69) is 6.58 Å². The Morgan fingerprint density at radius 3 is 2.90 bits per heavy atom. The summed E-state index contributed by atoms with van der Waals surface area (Å²) in [7, 11) is 0. The van der Waals surface area contributed by atoms with E-state index in [1.165, 1.54) is 11.0 Å². The van der Waals surface area contributed by atoms with Crippen LogP contribution in [0.25, 0.3) is 11.0 Å². The zero-order valence-corrected chi connectivity index (χ0v) is 11.2. The van der Waals surface area contributed by atoms with E-state index in [1.54, 1.807) is 25.1 Å². The fourth-order valence-corrected chi connectivity index (χ4v) is 2.11. The summed E-state index contributed by atoms with van der Waals surface area (Å²) in [6.07, 6.45) is 1.56. The number of carbonyl (C=O) groups is 1. The van der Waals surface area contributed by atoms with Gasteiger partial charge in [0.2, 0.25) is 0 Å². The first-order valence-corrected chi connectivity index (χ1v) is 6.28. The molecule has 1 aromatic carbocycles. The van der Waals surface area contributed by atoms with Gasteiger partial charge >= 0.3 is 0 Å².